The zero-order chi connectivity index (χ0) is 10.0. The summed E-state index contributed by atoms with van der Waals surface area (Å²) < 4.78 is 0. The van der Waals surface area contributed by atoms with Crippen molar-refractivity contribution in [2.24, 2.45) is 17.6 Å². The Morgan fingerprint density at radius 1 is 1.31 bits per heavy atom. The van der Waals surface area contributed by atoms with Crippen molar-refractivity contribution in [1.29, 1.82) is 0 Å². The summed E-state index contributed by atoms with van der Waals surface area (Å²) in [6, 6.07) is 1.27. The van der Waals surface area contributed by atoms with Gasteiger partial charge in [-0.05, 0) is 38.6 Å². The fraction of sp³-hybridized carbons (Fsp3) is 1.00. The van der Waals surface area contributed by atoms with Gasteiger partial charge in [0.05, 0.1) is 0 Å². The summed E-state index contributed by atoms with van der Waals surface area (Å²) in [5, 5.41) is 0. The van der Waals surface area contributed by atoms with E-state index in [1.165, 1.54) is 12.8 Å². The number of hydrogen-bond acceptors (Lipinski definition) is 2. The van der Waals surface area contributed by atoms with E-state index >= 15 is 0 Å². The second-order valence-corrected chi connectivity index (χ2v) is 4.79. The van der Waals surface area contributed by atoms with E-state index in [-0.39, 0.29) is 0 Å². The molecule has 2 nitrogen and oxygen atoms in total. The predicted molar refractivity (Wildman–Crippen MR) is 57.6 cm³/mol. The second kappa shape index (κ2) is 4.43. The van der Waals surface area contributed by atoms with Gasteiger partial charge in [0, 0.05) is 18.6 Å². The predicted octanol–water partition coefficient (Wildman–Crippen LogP) is 1.70. The largest absolute Gasteiger partial charge is 0.329 e. The van der Waals surface area contributed by atoms with Crippen molar-refractivity contribution >= 4 is 0 Å². The minimum absolute atomic E-state index is 0.623. The van der Waals surface area contributed by atoms with Gasteiger partial charge in [-0.2, -0.15) is 0 Å². The van der Waals surface area contributed by atoms with Crippen LogP contribution in [-0.2, 0) is 0 Å². The number of rotatable bonds is 5. The Balaban J connectivity index is 2.46. The number of nitrogens with two attached hydrogens (primary N) is 1. The van der Waals surface area contributed by atoms with E-state index in [9.17, 15) is 0 Å². The molecule has 0 spiro atoms. The summed E-state index contributed by atoms with van der Waals surface area (Å²) >= 11 is 0. The van der Waals surface area contributed by atoms with Crippen LogP contribution in [-0.4, -0.2) is 30.6 Å². The smallest absolute Gasteiger partial charge is 0.0246 e. The monoisotopic (exact) mass is 184 g/mol. The molecule has 0 saturated heterocycles. The van der Waals surface area contributed by atoms with E-state index in [1.54, 1.807) is 0 Å². The zero-order valence-corrected chi connectivity index (χ0v) is 9.46. The van der Waals surface area contributed by atoms with Gasteiger partial charge in [0.2, 0.25) is 0 Å². The maximum absolute atomic E-state index is 5.81. The van der Waals surface area contributed by atoms with Crippen LogP contribution in [0.15, 0.2) is 0 Å². The van der Waals surface area contributed by atoms with E-state index < -0.39 is 0 Å². The average Bonchev–Trinajstić information content (AvgIpc) is 2.88. The van der Waals surface area contributed by atoms with Crippen molar-refractivity contribution in [2.45, 2.75) is 45.7 Å². The van der Waals surface area contributed by atoms with Crippen LogP contribution < -0.4 is 5.73 Å². The Kier molecular flexibility index (Phi) is 3.74. The topological polar surface area (TPSA) is 29.3 Å². The molecule has 1 saturated carbocycles. The third kappa shape index (κ3) is 2.68. The molecule has 0 radical (unpaired) electrons. The van der Waals surface area contributed by atoms with Crippen LogP contribution in [0.2, 0.25) is 0 Å². The van der Waals surface area contributed by atoms with Gasteiger partial charge in [0.25, 0.3) is 0 Å². The van der Waals surface area contributed by atoms with Crippen LogP contribution in [0.25, 0.3) is 0 Å². The number of hydrogen-bond donors (Lipinski definition) is 1. The molecular weight excluding hydrogens is 160 g/mol. The van der Waals surface area contributed by atoms with E-state index in [4.69, 9.17) is 5.73 Å². The first-order valence-electron chi connectivity index (χ1n) is 5.50. The fourth-order valence-electron chi connectivity index (χ4n) is 1.94. The summed E-state index contributed by atoms with van der Waals surface area (Å²) in [5.74, 6) is 1.61. The van der Waals surface area contributed by atoms with Gasteiger partial charge in [-0.15, -0.1) is 0 Å². The molecule has 1 fully saturated rings. The molecule has 0 heterocycles. The second-order valence-electron chi connectivity index (χ2n) is 4.79. The number of nitrogens with zero attached hydrogens (tertiary/aromatic N) is 1. The molecule has 2 heteroatoms. The van der Waals surface area contributed by atoms with Crippen molar-refractivity contribution < 1.29 is 0 Å². The van der Waals surface area contributed by atoms with Crippen LogP contribution >= 0.6 is 0 Å². The Morgan fingerprint density at radius 2 is 1.85 bits per heavy atom. The van der Waals surface area contributed by atoms with Gasteiger partial charge >= 0.3 is 0 Å². The van der Waals surface area contributed by atoms with Gasteiger partial charge in [-0.3, -0.25) is 4.90 Å². The molecule has 1 aliphatic carbocycles. The van der Waals surface area contributed by atoms with E-state index in [0.29, 0.717) is 12.1 Å². The van der Waals surface area contributed by atoms with E-state index in [0.717, 1.165) is 18.4 Å². The lowest BCUT2D eigenvalue weighted by Gasteiger charge is -2.34. The number of likely N-dealkylation sites (N-methyl/N-ethyl adjacent to an activating group) is 1. The highest BCUT2D eigenvalue weighted by molar-refractivity contribution is 4.89. The molecule has 78 valence electrons. The van der Waals surface area contributed by atoms with Crippen LogP contribution in [0.5, 0.6) is 0 Å². The SMILES string of the molecule is CC(C)C(C)N(C)C(CN)C1CC1. The van der Waals surface area contributed by atoms with Crippen LogP contribution in [0.1, 0.15) is 33.6 Å². The Bertz CT molecular complexity index is 152. The molecule has 0 amide bonds. The van der Waals surface area contributed by atoms with Crippen molar-refractivity contribution in [3.05, 3.63) is 0 Å². The minimum Gasteiger partial charge on any atom is -0.329 e. The van der Waals surface area contributed by atoms with Crippen molar-refractivity contribution in [2.75, 3.05) is 13.6 Å². The first-order chi connectivity index (χ1) is 6.07. The minimum atomic E-state index is 0.623. The van der Waals surface area contributed by atoms with Gasteiger partial charge in [0.1, 0.15) is 0 Å². The molecule has 13 heavy (non-hydrogen) atoms. The highest BCUT2D eigenvalue weighted by Crippen LogP contribution is 2.35. The molecule has 1 rings (SSSR count). The molecular formula is C11H24N2. The van der Waals surface area contributed by atoms with Crippen LogP contribution in [0.4, 0.5) is 0 Å². The Hall–Kier alpha value is -0.0800. The van der Waals surface area contributed by atoms with E-state index in [2.05, 4.69) is 32.7 Å². The summed E-state index contributed by atoms with van der Waals surface area (Å²) in [6.07, 6.45) is 2.77. The maximum Gasteiger partial charge on any atom is 0.0246 e. The zero-order valence-electron chi connectivity index (χ0n) is 9.46. The molecule has 2 N–H and O–H groups in total. The van der Waals surface area contributed by atoms with Gasteiger partial charge in [0.15, 0.2) is 0 Å². The summed E-state index contributed by atoms with van der Waals surface area (Å²) in [7, 11) is 2.22. The molecule has 1 aliphatic rings. The standard InChI is InChI=1S/C11H24N2/c1-8(2)9(3)13(4)11(7-12)10-5-6-10/h8-11H,5-7,12H2,1-4H3. The van der Waals surface area contributed by atoms with Crippen molar-refractivity contribution in [1.82, 2.24) is 4.90 Å². The van der Waals surface area contributed by atoms with Crippen LogP contribution in [0.3, 0.4) is 0 Å². The van der Waals surface area contributed by atoms with Crippen molar-refractivity contribution in [3.63, 3.8) is 0 Å². The Morgan fingerprint density at radius 3 is 2.15 bits per heavy atom. The first kappa shape index (κ1) is 11.0. The average molecular weight is 184 g/mol. The van der Waals surface area contributed by atoms with Crippen LogP contribution in [0, 0.1) is 11.8 Å². The van der Waals surface area contributed by atoms with Gasteiger partial charge in [-0.1, -0.05) is 13.8 Å². The third-order valence-electron chi connectivity index (χ3n) is 3.54. The normalized spacial score (nSPS) is 22.4. The first-order valence-corrected chi connectivity index (χ1v) is 5.50. The fourth-order valence-corrected chi connectivity index (χ4v) is 1.94. The lowest BCUT2D eigenvalue weighted by molar-refractivity contribution is 0.137. The lowest BCUT2D eigenvalue weighted by Crippen LogP contribution is -2.46. The molecule has 0 aromatic rings. The van der Waals surface area contributed by atoms with Gasteiger partial charge in [-0.25, -0.2) is 0 Å². The molecule has 0 aromatic carbocycles. The lowest BCUT2D eigenvalue weighted by atomic mass is 10.0. The molecule has 2 atom stereocenters. The molecule has 0 bridgehead atoms. The summed E-state index contributed by atoms with van der Waals surface area (Å²) in [5.41, 5.74) is 5.81. The summed E-state index contributed by atoms with van der Waals surface area (Å²) in [4.78, 5) is 2.47. The van der Waals surface area contributed by atoms with E-state index in [1.807, 2.05) is 0 Å². The molecule has 2 unspecified atom stereocenters. The summed E-state index contributed by atoms with van der Waals surface area (Å²) in [6.45, 7) is 7.68. The highest BCUT2D eigenvalue weighted by Gasteiger charge is 2.34. The van der Waals surface area contributed by atoms with Gasteiger partial charge < -0.3 is 5.73 Å². The third-order valence-corrected chi connectivity index (χ3v) is 3.54. The quantitative estimate of drug-likeness (QED) is 0.704. The van der Waals surface area contributed by atoms with Crippen molar-refractivity contribution in [3.8, 4) is 0 Å². The molecule has 0 aromatic heterocycles. The Labute approximate surface area is 82.5 Å². The maximum atomic E-state index is 5.81. The highest BCUT2D eigenvalue weighted by atomic mass is 15.2. The molecule has 0 aliphatic heterocycles.